The molecule has 0 spiro atoms. The summed E-state index contributed by atoms with van der Waals surface area (Å²) in [6.07, 6.45) is 6.65. The Morgan fingerprint density at radius 1 is 1.21 bits per heavy atom. The van der Waals surface area contributed by atoms with Gasteiger partial charge in [-0.25, -0.2) is 0 Å². The molecule has 0 bridgehead atoms. The monoisotopic (exact) mass is 373 g/mol. The van der Waals surface area contributed by atoms with Crippen molar-refractivity contribution in [3.05, 3.63) is 29.5 Å². The summed E-state index contributed by atoms with van der Waals surface area (Å²) >= 11 is 2.43. The molecule has 104 valence electrons. The molecule has 0 saturated carbocycles. The van der Waals surface area contributed by atoms with E-state index < -0.39 is 0 Å². The predicted octanol–water partition coefficient (Wildman–Crippen LogP) is 3.36. The molecule has 0 N–H and O–H groups in total. The number of halogens is 1. The lowest BCUT2D eigenvalue weighted by Gasteiger charge is -2.18. The number of hydrogen-bond donors (Lipinski definition) is 0. The smallest absolute Gasteiger partial charge is 0.161 e. The fraction of sp³-hybridized carbons (Fsp3) is 0.467. The highest BCUT2D eigenvalue weighted by molar-refractivity contribution is 14.1. The van der Waals surface area contributed by atoms with Gasteiger partial charge in [-0.1, -0.05) is 22.6 Å². The topological polar surface area (TPSA) is 21.7 Å². The van der Waals surface area contributed by atoms with Crippen LogP contribution >= 0.6 is 22.6 Å². The van der Waals surface area contributed by atoms with Gasteiger partial charge < -0.3 is 14.4 Å². The predicted molar refractivity (Wildman–Crippen MR) is 87.4 cm³/mol. The molecule has 0 amide bonds. The molecule has 1 aromatic rings. The fourth-order valence-corrected chi connectivity index (χ4v) is 2.62. The second-order valence-electron chi connectivity index (χ2n) is 4.55. The van der Waals surface area contributed by atoms with Crippen molar-refractivity contribution in [2.75, 3.05) is 31.7 Å². The zero-order valence-electron chi connectivity index (χ0n) is 11.5. The van der Waals surface area contributed by atoms with Crippen LogP contribution in [0.4, 0.5) is 0 Å². The van der Waals surface area contributed by atoms with E-state index in [1.165, 1.54) is 22.0 Å². The molecule has 1 aliphatic heterocycles. The van der Waals surface area contributed by atoms with Gasteiger partial charge >= 0.3 is 0 Å². The summed E-state index contributed by atoms with van der Waals surface area (Å²) in [7, 11) is 3.36. The van der Waals surface area contributed by atoms with E-state index >= 15 is 0 Å². The van der Waals surface area contributed by atoms with Crippen LogP contribution in [-0.2, 0) is 6.42 Å². The minimum absolute atomic E-state index is 0.798. The van der Waals surface area contributed by atoms with Gasteiger partial charge in [0, 0.05) is 17.5 Å². The molecule has 1 aliphatic rings. The van der Waals surface area contributed by atoms with Gasteiger partial charge in [0.05, 0.1) is 14.2 Å². The first-order valence-electron chi connectivity index (χ1n) is 6.51. The molecule has 3 nitrogen and oxygen atoms in total. The minimum Gasteiger partial charge on any atom is -0.493 e. The standard InChI is InChI=1S/C15H20INO2/c1-18-14-10-12-4-8-17(7-3-6-16)9-5-13(12)11-15(14)19-2/h4,8,10-11H,3,5-7,9H2,1-2H3. The van der Waals surface area contributed by atoms with Crippen LogP contribution in [0.5, 0.6) is 11.5 Å². The Labute approximate surface area is 128 Å². The highest BCUT2D eigenvalue weighted by Crippen LogP contribution is 2.32. The average molecular weight is 373 g/mol. The number of rotatable bonds is 5. The summed E-state index contributed by atoms with van der Waals surface area (Å²) in [5, 5.41) is 0. The van der Waals surface area contributed by atoms with E-state index in [-0.39, 0.29) is 0 Å². The molecule has 0 atom stereocenters. The summed E-state index contributed by atoms with van der Waals surface area (Å²) in [5.41, 5.74) is 2.56. The van der Waals surface area contributed by atoms with Crippen LogP contribution in [-0.4, -0.2) is 36.6 Å². The Bertz CT molecular complexity index is 460. The molecule has 2 rings (SSSR count). The molecular formula is C15H20INO2. The maximum Gasteiger partial charge on any atom is 0.161 e. The first-order valence-corrected chi connectivity index (χ1v) is 8.04. The first kappa shape index (κ1) is 14.5. The van der Waals surface area contributed by atoms with Crippen LogP contribution in [0.2, 0.25) is 0 Å². The molecule has 1 aromatic carbocycles. The maximum absolute atomic E-state index is 5.37. The zero-order valence-corrected chi connectivity index (χ0v) is 13.6. The lowest BCUT2D eigenvalue weighted by atomic mass is 10.0. The maximum atomic E-state index is 5.37. The zero-order chi connectivity index (χ0) is 13.7. The van der Waals surface area contributed by atoms with Crippen molar-refractivity contribution in [1.29, 1.82) is 0 Å². The second kappa shape index (κ2) is 7.03. The lowest BCUT2D eigenvalue weighted by molar-refractivity contribution is 0.354. The van der Waals surface area contributed by atoms with Gasteiger partial charge in [0.25, 0.3) is 0 Å². The first-order chi connectivity index (χ1) is 9.28. The van der Waals surface area contributed by atoms with Crippen molar-refractivity contribution < 1.29 is 9.47 Å². The van der Waals surface area contributed by atoms with Gasteiger partial charge in [0.2, 0.25) is 0 Å². The highest BCUT2D eigenvalue weighted by atomic mass is 127. The van der Waals surface area contributed by atoms with Gasteiger partial charge in [-0.3, -0.25) is 0 Å². The Morgan fingerprint density at radius 3 is 2.63 bits per heavy atom. The van der Waals surface area contributed by atoms with Gasteiger partial charge in [-0.2, -0.15) is 0 Å². The molecule has 0 fully saturated rings. The van der Waals surface area contributed by atoms with Crippen molar-refractivity contribution in [3.63, 3.8) is 0 Å². The molecule has 19 heavy (non-hydrogen) atoms. The number of nitrogens with zero attached hydrogens (tertiary/aromatic N) is 1. The number of benzene rings is 1. The average Bonchev–Trinajstić information content (AvgIpc) is 2.65. The van der Waals surface area contributed by atoms with Crippen molar-refractivity contribution in [2.24, 2.45) is 0 Å². The van der Waals surface area contributed by atoms with E-state index in [4.69, 9.17) is 9.47 Å². The SMILES string of the molecule is COc1cc2c(cc1OC)CCN(CCCI)C=C2. The largest absolute Gasteiger partial charge is 0.493 e. The molecule has 0 radical (unpaired) electrons. The third-order valence-corrected chi connectivity index (χ3v) is 4.12. The van der Waals surface area contributed by atoms with E-state index in [1.807, 2.05) is 0 Å². The Balaban J connectivity index is 2.21. The lowest BCUT2D eigenvalue weighted by Crippen LogP contribution is -2.20. The molecule has 0 aliphatic carbocycles. The highest BCUT2D eigenvalue weighted by Gasteiger charge is 2.13. The number of hydrogen-bond acceptors (Lipinski definition) is 3. The van der Waals surface area contributed by atoms with Crippen molar-refractivity contribution in [1.82, 2.24) is 4.90 Å². The van der Waals surface area contributed by atoms with Crippen LogP contribution in [0, 0.1) is 0 Å². The summed E-state index contributed by atoms with van der Waals surface area (Å²) in [5.74, 6) is 1.61. The van der Waals surface area contributed by atoms with Crippen molar-refractivity contribution in [3.8, 4) is 11.5 Å². The fourth-order valence-electron chi connectivity index (χ4n) is 2.28. The normalized spacial score (nSPS) is 13.9. The third kappa shape index (κ3) is 3.55. The van der Waals surface area contributed by atoms with Crippen LogP contribution < -0.4 is 9.47 Å². The summed E-state index contributed by atoms with van der Waals surface area (Å²) in [6, 6.07) is 4.16. The second-order valence-corrected chi connectivity index (χ2v) is 5.63. The van der Waals surface area contributed by atoms with Gasteiger partial charge in [0.1, 0.15) is 0 Å². The Morgan fingerprint density at radius 2 is 1.95 bits per heavy atom. The number of alkyl halides is 1. The Kier molecular flexibility index (Phi) is 5.36. The van der Waals surface area contributed by atoms with Crippen molar-refractivity contribution >= 4 is 28.7 Å². The van der Waals surface area contributed by atoms with Gasteiger partial charge in [-0.05, 0) is 48.4 Å². The van der Waals surface area contributed by atoms with Crippen LogP contribution in [0.15, 0.2) is 18.3 Å². The summed E-state index contributed by atoms with van der Waals surface area (Å²) < 4.78 is 11.9. The third-order valence-electron chi connectivity index (χ3n) is 3.36. The Hall–Kier alpha value is -0.910. The van der Waals surface area contributed by atoms with E-state index in [0.29, 0.717) is 0 Å². The molecule has 1 heterocycles. The molecule has 0 aromatic heterocycles. The van der Waals surface area contributed by atoms with Gasteiger partial charge in [-0.15, -0.1) is 0 Å². The molecule has 0 saturated heterocycles. The molecule has 4 heteroatoms. The van der Waals surface area contributed by atoms with Crippen molar-refractivity contribution in [2.45, 2.75) is 12.8 Å². The number of fused-ring (bicyclic) bond motifs is 1. The van der Waals surface area contributed by atoms with Crippen LogP contribution in [0.1, 0.15) is 17.5 Å². The number of ether oxygens (including phenoxy) is 2. The quantitative estimate of drug-likeness (QED) is 0.584. The molecule has 0 unspecified atom stereocenters. The van der Waals surface area contributed by atoms with Crippen LogP contribution in [0.3, 0.4) is 0 Å². The minimum atomic E-state index is 0.798. The van der Waals surface area contributed by atoms with Gasteiger partial charge in [0.15, 0.2) is 11.5 Å². The molecular weight excluding hydrogens is 353 g/mol. The van der Waals surface area contributed by atoms with Crippen LogP contribution in [0.25, 0.3) is 6.08 Å². The summed E-state index contributed by atoms with van der Waals surface area (Å²) in [4.78, 5) is 2.39. The van der Waals surface area contributed by atoms with E-state index in [2.05, 4.69) is 51.9 Å². The summed E-state index contributed by atoms with van der Waals surface area (Å²) in [6.45, 7) is 2.19. The van der Waals surface area contributed by atoms with E-state index in [9.17, 15) is 0 Å². The van der Waals surface area contributed by atoms with E-state index in [1.54, 1.807) is 14.2 Å². The van der Waals surface area contributed by atoms with E-state index in [0.717, 1.165) is 31.0 Å². The number of methoxy groups -OCH3 is 2.